The van der Waals surface area contributed by atoms with Gasteiger partial charge in [0.2, 0.25) is 5.91 Å². The van der Waals surface area contributed by atoms with Crippen LogP contribution in [0.5, 0.6) is 0 Å². The van der Waals surface area contributed by atoms with Gasteiger partial charge in [0.1, 0.15) is 6.04 Å². The Labute approximate surface area is 202 Å². The number of piperazine rings is 1. The molecule has 4 amide bonds. The van der Waals surface area contributed by atoms with Crippen LogP contribution in [0.25, 0.3) is 0 Å². The molecule has 0 radical (unpaired) electrons. The number of ether oxygens (including phenoxy) is 1. The van der Waals surface area contributed by atoms with E-state index in [1.165, 1.54) is 9.80 Å². The van der Waals surface area contributed by atoms with Crippen molar-refractivity contribution in [3.63, 3.8) is 0 Å². The molecule has 0 aliphatic carbocycles. The molecule has 0 bridgehead atoms. The molecule has 0 saturated carbocycles. The number of hydrogen-bond acceptors (Lipinski definition) is 5. The lowest BCUT2D eigenvalue weighted by atomic mass is 10.1. The van der Waals surface area contributed by atoms with Crippen molar-refractivity contribution in [1.82, 2.24) is 19.6 Å². The molecule has 0 aromatic heterocycles. The lowest BCUT2D eigenvalue weighted by Gasteiger charge is -2.38. The number of rotatable bonds is 2. The first-order valence-corrected chi connectivity index (χ1v) is 11.8. The Morgan fingerprint density at radius 1 is 0.758 bits per heavy atom. The van der Waals surface area contributed by atoms with Crippen LogP contribution in [0.2, 0.25) is 10.0 Å². The van der Waals surface area contributed by atoms with Crippen molar-refractivity contribution in [2.24, 2.45) is 0 Å². The average Bonchev–Trinajstić information content (AvgIpc) is 3.32. The largest absolute Gasteiger partial charge is 0.378 e. The lowest BCUT2D eigenvalue weighted by Crippen LogP contribution is -2.57. The molecule has 3 heterocycles. The van der Waals surface area contributed by atoms with E-state index >= 15 is 0 Å². The molecule has 178 valence electrons. The van der Waals surface area contributed by atoms with Gasteiger partial charge < -0.3 is 24.3 Å². The van der Waals surface area contributed by atoms with Crippen molar-refractivity contribution < 1.29 is 23.9 Å². The van der Waals surface area contributed by atoms with Gasteiger partial charge >= 0.3 is 11.8 Å². The number of halogens is 2. The molecule has 3 saturated heterocycles. The summed E-state index contributed by atoms with van der Waals surface area (Å²) in [6.07, 6.45) is 1.30. The van der Waals surface area contributed by atoms with E-state index in [2.05, 4.69) is 0 Å². The van der Waals surface area contributed by atoms with Gasteiger partial charge in [-0.1, -0.05) is 23.2 Å². The summed E-state index contributed by atoms with van der Waals surface area (Å²) in [5.41, 5.74) is 0.351. The quantitative estimate of drug-likeness (QED) is 0.572. The third-order valence-electron chi connectivity index (χ3n) is 6.27. The van der Waals surface area contributed by atoms with Gasteiger partial charge in [-0.25, -0.2) is 0 Å². The predicted octanol–water partition coefficient (Wildman–Crippen LogP) is 1.13. The van der Waals surface area contributed by atoms with Crippen molar-refractivity contribution in [2.75, 3.05) is 59.0 Å². The van der Waals surface area contributed by atoms with Crippen LogP contribution in [0.4, 0.5) is 0 Å². The van der Waals surface area contributed by atoms with Gasteiger partial charge in [0.25, 0.3) is 5.91 Å². The second kappa shape index (κ2) is 10.3. The molecule has 3 aliphatic rings. The van der Waals surface area contributed by atoms with Crippen molar-refractivity contribution in [2.45, 2.75) is 18.9 Å². The summed E-state index contributed by atoms with van der Waals surface area (Å²) in [5.74, 6) is -1.48. The van der Waals surface area contributed by atoms with Crippen molar-refractivity contribution in [3.05, 3.63) is 33.8 Å². The average molecular weight is 497 g/mol. The van der Waals surface area contributed by atoms with E-state index < -0.39 is 17.9 Å². The fourth-order valence-electron chi connectivity index (χ4n) is 4.49. The zero-order chi connectivity index (χ0) is 23.5. The van der Waals surface area contributed by atoms with Gasteiger partial charge in [-0.2, -0.15) is 0 Å². The van der Waals surface area contributed by atoms with Crippen LogP contribution in [-0.2, 0) is 19.1 Å². The summed E-state index contributed by atoms with van der Waals surface area (Å²) < 4.78 is 5.23. The Kier molecular flexibility index (Phi) is 7.41. The van der Waals surface area contributed by atoms with Crippen LogP contribution in [0, 0.1) is 0 Å². The number of amides is 4. The third-order valence-corrected chi connectivity index (χ3v) is 6.70. The maximum Gasteiger partial charge on any atom is 0.312 e. The predicted molar refractivity (Wildman–Crippen MR) is 121 cm³/mol. The second-order valence-corrected chi connectivity index (χ2v) is 9.21. The Hall–Kier alpha value is -2.36. The Morgan fingerprint density at radius 3 is 1.91 bits per heavy atom. The Bertz CT molecular complexity index is 924. The van der Waals surface area contributed by atoms with E-state index in [1.54, 1.807) is 28.0 Å². The van der Waals surface area contributed by atoms with E-state index in [0.29, 0.717) is 68.0 Å². The minimum absolute atomic E-state index is 0.138. The molecule has 11 heteroatoms. The molecule has 3 aliphatic heterocycles. The smallest absolute Gasteiger partial charge is 0.312 e. The van der Waals surface area contributed by atoms with Crippen molar-refractivity contribution in [1.29, 1.82) is 0 Å². The highest BCUT2D eigenvalue weighted by Gasteiger charge is 2.39. The number of benzene rings is 1. The molecule has 1 unspecified atom stereocenters. The number of carbonyl (C=O) groups excluding carboxylic acids is 4. The normalized spacial score (nSPS) is 21.3. The van der Waals surface area contributed by atoms with Crippen LogP contribution >= 0.6 is 23.2 Å². The number of morpholine rings is 1. The molecule has 1 aromatic rings. The zero-order valence-electron chi connectivity index (χ0n) is 18.2. The maximum absolute atomic E-state index is 13.2. The zero-order valence-corrected chi connectivity index (χ0v) is 19.7. The van der Waals surface area contributed by atoms with Crippen LogP contribution in [0.1, 0.15) is 23.2 Å². The fraction of sp³-hybridized carbons (Fsp3) is 0.545. The van der Waals surface area contributed by atoms with Gasteiger partial charge in [0.15, 0.2) is 0 Å². The molecular weight excluding hydrogens is 471 g/mol. The summed E-state index contributed by atoms with van der Waals surface area (Å²) in [6, 6.07) is 4.08. The summed E-state index contributed by atoms with van der Waals surface area (Å²) >= 11 is 12.1. The molecule has 1 atom stereocenters. The fourth-order valence-corrected chi connectivity index (χ4v) is 5.01. The van der Waals surface area contributed by atoms with Gasteiger partial charge in [0, 0.05) is 61.4 Å². The monoisotopic (exact) mass is 496 g/mol. The molecule has 33 heavy (non-hydrogen) atoms. The molecular formula is C22H26Cl2N4O5. The highest BCUT2D eigenvalue weighted by atomic mass is 35.5. The van der Waals surface area contributed by atoms with Crippen LogP contribution in [-0.4, -0.2) is 108 Å². The maximum atomic E-state index is 13.2. The van der Waals surface area contributed by atoms with Gasteiger partial charge in [-0.05, 0) is 31.0 Å². The molecule has 9 nitrogen and oxygen atoms in total. The standard InChI is InChI=1S/C22H26Cl2N4O5/c23-16-12-15(13-17(24)14-16)19(29)28-3-1-2-18(28)20(30)25-4-6-26(7-5-25)21(31)22(32)27-8-10-33-11-9-27/h12-14,18H,1-11H2. The molecule has 1 aromatic carbocycles. The number of carbonyl (C=O) groups is 4. The molecule has 0 N–H and O–H groups in total. The summed E-state index contributed by atoms with van der Waals surface area (Å²) in [7, 11) is 0. The number of nitrogens with zero attached hydrogens (tertiary/aromatic N) is 4. The Morgan fingerprint density at radius 2 is 1.30 bits per heavy atom. The molecule has 3 fully saturated rings. The first-order valence-electron chi connectivity index (χ1n) is 11.1. The van der Waals surface area contributed by atoms with Gasteiger partial charge in [0.05, 0.1) is 13.2 Å². The molecule has 4 rings (SSSR count). The minimum atomic E-state index is -0.563. The van der Waals surface area contributed by atoms with E-state index in [4.69, 9.17) is 27.9 Å². The lowest BCUT2D eigenvalue weighted by molar-refractivity contribution is -0.156. The van der Waals surface area contributed by atoms with Crippen LogP contribution in [0.15, 0.2) is 18.2 Å². The minimum Gasteiger partial charge on any atom is -0.378 e. The van der Waals surface area contributed by atoms with Crippen molar-refractivity contribution in [3.8, 4) is 0 Å². The summed E-state index contributed by atoms with van der Waals surface area (Å²) in [5, 5.41) is 0.723. The van der Waals surface area contributed by atoms with E-state index in [9.17, 15) is 19.2 Å². The highest BCUT2D eigenvalue weighted by molar-refractivity contribution is 6.35. The van der Waals surface area contributed by atoms with E-state index in [-0.39, 0.29) is 24.9 Å². The van der Waals surface area contributed by atoms with Crippen LogP contribution in [0.3, 0.4) is 0 Å². The SMILES string of the molecule is O=C(C(=O)N1CCN(C(=O)C2CCCN2C(=O)c2cc(Cl)cc(Cl)c2)CC1)N1CCOCC1. The Balaban J connectivity index is 1.35. The van der Waals surface area contributed by atoms with Crippen molar-refractivity contribution >= 4 is 46.8 Å². The van der Waals surface area contributed by atoms with E-state index in [1.807, 2.05) is 0 Å². The number of hydrogen-bond donors (Lipinski definition) is 0. The van der Waals surface area contributed by atoms with Crippen LogP contribution < -0.4 is 0 Å². The number of likely N-dealkylation sites (tertiary alicyclic amines) is 1. The first-order chi connectivity index (χ1) is 15.8. The molecule has 0 spiro atoms. The summed E-state index contributed by atoms with van der Waals surface area (Å²) in [4.78, 5) is 57.6. The van der Waals surface area contributed by atoms with E-state index in [0.717, 1.165) is 6.42 Å². The summed E-state index contributed by atoms with van der Waals surface area (Å²) in [6.45, 7) is 3.37. The first kappa shape index (κ1) is 23.8. The third kappa shape index (κ3) is 5.26. The van der Waals surface area contributed by atoms with Gasteiger partial charge in [-0.3, -0.25) is 19.2 Å². The second-order valence-electron chi connectivity index (χ2n) is 8.34. The van der Waals surface area contributed by atoms with Gasteiger partial charge in [-0.15, -0.1) is 0 Å². The topological polar surface area (TPSA) is 90.5 Å². The highest BCUT2D eigenvalue weighted by Crippen LogP contribution is 2.26.